The molecule has 168 valence electrons. The first kappa shape index (κ1) is 21.4. The van der Waals surface area contributed by atoms with Gasteiger partial charge in [-0.1, -0.05) is 0 Å². The van der Waals surface area contributed by atoms with Crippen LogP contribution in [-0.2, 0) is 11.3 Å². The number of piperidine rings is 1. The van der Waals surface area contributed by atoms with Crippen molar-refractivity contribution in [2.24, 2.45) is 0 Å². The predicted octanol–water partition coefficient (Wildman–Crippen LogP) is 4.75. The van der Waals surface area contributed by atoms with Crippen LogP contribution >= 0.6 is 11.3 Å². The van der Waals surface area contributed by atoms with E-state index in [1.165, 1.54) is 24.3 Å². The summed E-state index contributed by atoms with van der Waals surface area (Å²) in [5, 5.41) is 7.64. The second-order valence-electron chi connectivity index (χ2n) is 7.96. The molecule has 1 aliphatic heterocycles. The quantitative estimate of drug-likeness (QED) is 0.427. The Hall–Kier alpha value is -3.46. The van der Waals surface area contributed by atoms with Crippen LogP contribution in [0.1, 0.15) is 23.8 Å². The Kier molecular flexibility index (Phi) is 5.95. The van der Waals surface area contributed by atoms with Gasteiger partial charge in [-0.05, 0) is 61.4 Å². The third kappa shape index (κ3) is 4.68. The van der Waals surface area contributed by atoms with Gasteiger partial charge in [0, 0.05) is 41.7 Å². The molecule has 1 fully saturated rings. The number of hydrogen-bond donors (Lipinski definition) is 0. The summed E-state index contributed by atoms with van der Waals surface area (Å²) in [4.78, 5) is 23.9. The number of carbonyl (C=O) groups excluding carboxylic acids is 1. The summed E-state index contributed by atoms with van der Waals surface area (Å²) in [6.07, 6.45) is 3.57. The van der Waals surface area contributed by atoms with Gasteiger partial charge in [0.2, 0.25) is 5.91 Å². The summed E-state index contributed by atoms with van der Waals surface area (Å²) in [6, 6.07) is 11.8. The molecule has 0 unspecified atom stereocenters. The fraction of sp³-hybridized carbons (Fsp3) is 0.250. The van der Waals surface area contributed by atoms with E-state index in [1.54, 1.807) is 40.3 Å². The fourth-order valence-electron chi connectivity index (χ4n) is 4.03. The minimum Gasteiger partial charge on any atom is -0.341 e. The SMILES string of the molecule is O=C(Cn1nc(-c2ccc(F)cc2)nc1-c1ccc(F)cc1)N1CCC(c2nccs2)CC1. The van der Waals surface area contributed by atoms with Gasteiger partial charge in [0.25, 0.3) is 0 Å². The largest absolute Gasteiger partial charge is 0.341 e. The molecule has 3 heterocycles. The Morgan fingerprint density at radius 2 is 1.61 bits per heavy atom. The molecule has 6 nitrogen and oxygen atoms in total. The van der Waals surface area contributed by atoms with Crippen molar-refractivity contribution in [1.29, 1.82) is 0 Å². The molecule has 0 bridgehead atoms. The molecular weight excluding hydrogens is 444 g/mol. The number of benzene rings is 2. The van der Waals surface area contributed by atoms with Crippen molar-refractivity contribution >= 4 is 17.2 Å². The molecule has 2 aromatic carbocycles. The zero-order valence-electron chi connectivity index (χ0n) is 17.7. The Morgan fingerprint density at radius 3 is 2.21 bits per heavy atom. The van der Waals surface area contributed by atoms with Crippen molar-refractivity contribution in [3.05, 3.63) is 76.7 Å². The van der Waals surface area contributed by atoms with Crippen LogP contribution in [0.5, 0.6) is 0 Å². The van der Waals surface area contributed by atoms with E-state index in [-0.39, 0.29) is 24.1 Å². The normalized spacial score (nSPS) is 14.5. The molecule has 1 saturated heterocycles. The van der Waals surface area contributed by atoms with Crippen LogP contribution < -0.4 is 0 Å². The Morgan fingerprint density at radius 1 is 0.970 bits per heavy atom. The molecule has 5 rings (SSSR count). The average Bonchev–Trinajstić information content (AvgIpc) is 3.51. The maximum atomic E-state index is 13.5. The van der Waals surface area contributed by atoms with E-state index in [0.717, 1.165) is 17.8 Å². The van der Waals surface area contributed by atoms with E-state index in [9.17, 15) is 13.6 Å². The van der Waals surface area contributed by atoms with Gasteiger partial charge in [0.15, 0.2) is 11.6 Å². The van der Waals surface area contributed by atoms with E-state index < -0.39 is 0 Å². The van der Waals surface area contributed by atoms with Gasteiger partial charge in [0.05, 0.1) is 5.01 Å². The summed E-state index contributed by atoms with van der Waals surface area (Å²) in [6.45, 7) is 1.34. The summed E-state index contributed by atoms with van der Waals surface area (Å²) in [5.74, 6) is 0.466. The number of aromatic nitrogens is 4. The number of hydrogen-bond acceptors (Lipinski definition) is 5. The van der Waals surface area contributed by atoms with Crippen LogP contribution in [0, 0.1) is 11.6 Å². The van der Waals surface area contributed by atoms with Crippen molar-refractivity contribution in [3.8, 4) is 22.8 Å². The lowest BCUT2D eigenvalue weighted by molar-refractivity contribution is -0.133. The number of likely N-dealkylation sites (tertiary alicyclic amines) is 1. The Bertz CT molecular complexity index is 1230. The summed E-state index contributed by atoms with van der Waals surface area (Å²) >= 11 is 1.66. The minimum atomic E-state index is -0.359. The maximum absolute atomic E-state index is 13.5. The van der Waals surface area contributed by atoms with E-state index in [4.69, 9.17) is 0 Å². The van der Waals surface area contributed by atoms with Gasteiger partial charge in [0.1, 0.15) is 18.2 Å². The summed E-state index contributed by atoms with van der Waals surface area (Å²) in [5.41, 5.74) is 1.28. The smallest absolute Gasteiger partial charge is 0.244 e. The van der Waals surface area contributed by atoms with Crippen molar-refractivity contribution in [2.75, 3.05) is 13.1 Å². The van der Waals surface area contributed by atoms with Crippen LogP contribution in [-0.4, -0.2) is 43.6 Å². The van der Waals surface area contributed by atoms with Crippen molar-refractivity contribution in [1.82, 2.24) is 24.6 Å². The molecule has 33 heavy (non-hydrogen) atoms. The molecule has 2 aromatic heterocycles. The number of halogens is 2. The molecule has 0 atom stereocenters. The highest BCUT2D eigenvalue weighted by atomic mass is 32.1. The molecule has 0 spiro atoms. The van der Waals surface area contributed by atoms with Crippen LogP contribution in [0.15, 0.2) is 60.1 Å². The topological polar surface area (TPSA) is 63.9 Å². The molecule has 1 aliphatic rings. The molecule has 0 aliphatic carbocycles. The predicted molar refractivity (Wildman–Crippen MR) is 121 cm³/mol. The summed E-state index contributed by atoms with van der Waals surface area (Å²) in [7, 11) is 0. The average molecular weight is 466 g/mol. The van der Waals surface area contributed by atoms with Crippen molar-refractivity contribution in [2.45, 2.75) is 25.3 Å². The third-order valence-corrected chi connectivity index (χ3v) is 6.75. The van der Waals surface area contributed by atoms with Gasteiger partial charge < -0.3 is 4.90 Å². The first-order valence-corrected chi connectivity index (χ1v) is 11.6. The maximum Gasteiger partial charge on any atom is 0.244 e. The van der Waals surface area contributed by atoms with Gasteiger partial charge in [-0.25, -0.2) is 23.4 Å². The molecule has 4 aromatic rings. The van der Waals surface area contributed by atoms with Crippen LogP contribution in [0.25, 0.3) is 22.8 Å². The molecule has 1 amide bonds. The molecule has 0 radical (unpaired) electrons. The van der Waals surface area contributed by atoms with Crippen LogP contribution in [0.4, 0.5) is 8.78 Å². The van der Waals surface area contributed by atoms with Crippen molar-refractivity contribution < 1.29 is 13.6 Å². The second-order valence-corrected chi connectivity index (χ2v) is 8.88. The standard InChI is InChI=1S/C24H21F2N5OS/c25-19-5-1-16(2-6-19)22-28-23(17-3-7-20(26)8-4-17)31(29-22)15-21(32)30-12-9-18(10-13-30)24-27-11-14-33-24/h1-8,11,14,18H,9-10,12-13,15H2. The van der Waals surface area contributed by atoms with E-state index in [0.29, 0.717) is 41.8 Å². The first-order valence-electron chi connectivity index (χ1n) is 10.7. The first-order chi connectivity index (χ1) is 16.1. The molecule has 0 saturated carbocycles. The molecule has 9 heteroatoms. The number of nitrogens with zero attached hydrogens (tertiary/aromatic N) is 5. The van der Waals surface area contributed by atoms with Gasteiger partial charge in [-0.2, -0.15) is 0 Å². The van der Waals surface area contributed by atoms with E-state index in [2.05, 4.69) is 15.1 Å². The number of rotatable bonds is 5. The highest BCUT2D eigenvalue weighted by Gasteiger charge is 2.26. The monoisotopic (exact) mass is 465 g/mol. The van der Waals surface area contributed by atoms with Crippen molar-refractivity contribution in [3.63, 3.8) is 0 Å². The lowest BCUT2D eigenvalue weighted by atomic mass is 9.97. The molecule has 0 N–H and O–H groups in total. The van der Waals surface area contributed by atoms with E-state index >= 15 is 0 Å². The van der Waals surface area contributed by atoms with Gasteiger partial charge in [-0.15, -0.1) is 16.4 Å². The van der Waals surface area contributed by atoms with E-state index in [1.807, 2.05) is 16.5 Å². The summed E-state index contributed by atoms with van der Waals surface area (Å²) < 4.78 is 28.3. The second kappa shape index (κ2) is 9.19. The number of carbonyl (C=O) groups is 1. The highest BCUT2D eigenvalue weighted by Crippen LogP contribution is 2.30. The number of amides is 1. The molecular formula is C24H21F2N5OS. The Balaban J connectivity index is 1.37. The van der Waals surface area contributed by atoms with Crippen LogP contribution in [0.3, 0.4) is 0 Å². The fourth-order valence-corrected chi connectivity index (χ4v) is 4.84. The third-order valence-electron chi connectivity index (χ3n) is 5.81. The zero-order valence-corrected chi connectivity index (χ0v) is 18.5. The number of thiazole rings is 1. The highest BCUT2D eigenvalue weighted by molar-refractivity contribution is 7.09. The van der Waals surface area contributed by atoms with Crippen LogP contribution in [0.2, 0.25) is 0 Å². The lowest BCUT2D eigenvalue weighted by Crippen LogP contribution is -2.40. The van der Waals surface area contributed by atoms with Gasteiger partial charge >= 0.3 is 0 Å². The zero-order chi connectivity index (χ0) is 22.8. The Labute approximate surface area is 193 Å². The minimum absolute atomic E-state index is 0.0167. The lowest BCUT2D eigenvalue weighted by Gasteiger charge is -2.31. The van der Waals surface area contributed by atoms with Gasteiger partial charge in [-0.3, -0.25) is 4.79 Å².